The Kier molecular flexibility index (Phi) is 4.15. The van der Waals surface area contributed by atoms with Gasteiger partial charge in [0.05, 0.1) is 17.7 Å². The molecule has 0 fully saturated rings. The van der Waals surface area contributed by atoms with Crippen LogP contribution < -0.4 is 0 Å². The van der Waals surface area contributed by atoms with Crippen LogP contribution in [0.2, 0.25) is 0 Å². The van der Waals surface area contributed by atoms with Crippen LogP contribution in [0.25, 0.3) is 0 Å². The van der Waals surface area contributed by atoms with Crippen molar-refractivity contribution in [3.05, 3.63) is 35.4 Å². The molecule has 0 aromatic heterocycles. The molecule has 0 amide bonds. The Morgan fingerprint density at radius 2 is 2.00 bits per heavy atom. The van der Waals surface area contributed by atoms with E-state index in [0.717, 1.165) is 12.8 Å². The maximum Gasteiger partial charge on any atom is 0.0991 e. The van der Waals surface area contributed by atoms with Crippen molar-refractivity contribution in [2.75, 3.05) is 7.11 Å². The summed E-state index contributed by atoms with van der Waals surface area (Å²) in [7, 11) is 1.73. The minimum atomic E-state index is 0.297. The Balaban J connectivity index is 2.49. The first-order valence-corrected chi connectivity index (χ1v) is 4.78. The predicted molar refractivity (Wildman–Crippen MR) is 55.9 cm³/mol. The number of aryl methyl sites for hydroxylation is 1. The van der Waals surface area contributed by atoms with Crippen LogP contribution in [0, 0.1) is 11.3 Å². The summed E-state index contributed by atoms with van der Waals surface area (Å²) >= 11 is 0. The van der Waals surface area contributed by atoms with Crippen molar-refractivity contribution in [1.82, 2.24) is 0 Å². The molecule has 0 heterocycles. The van der Waals surface area contributed by atoms with E-state index in [1.54, 1.807) is 7.11 Å². The van der Waals surface area contributed by atoms with Gasteiger partial charge < -0.3 is 4.74 Å². The van der Waals surface area contributed by atoms with Gasteiger partial charge in [0.25, 0.3) is 0 Å². The highest BCUT2D eigenvalue weighted by Crippen LogP contribution is 2.08. The van der Waals surface area contributed by atoms with Crippen LogP contribution in [0.15, 0.2) is 24.3 Å². The molecule has 0 saturated carbocycles. The summed E-state index contributed by atoms with van der Waals surface area (Å²) in [6, 6.07) is 9.82. The zero-order chi connectivity index (χ0) is 10.4. The van der Waals surface area contributed by atoms with Crippen molar-refractivity contribution in [3.8, 4) is 6.07 Å². The lowest BCUT2D eigenvalue weighted by Gasteiger charge is -2.08. The van der Waals surface area contributed by atoms with E-state index in [1.807, 2.05) is 24.3 Å². The van der Waals surface area contributed by atoms with E-state index in [2.05, 4.69) is 13.0 Å². The summed E-state index contributed by atoms with van der Waals surface area (Å²) in [6.45, 7) is 2.06. The van der Waals surface area contributed by atoms with Crippen LogP contribution in [0.5, 0.6) is 0 Å². The lowest BCUT2D eigenvalue weighted by Crippen LogP contribution is -2.05. The number of rotatable bonds is 4. The summed E-state index contributed by atoms with van der Waals surface area (Å²) in [5.41, 5.74) is 1.97. The zero-order valence-corrected chi connectivity index (χ0v) is 8.66. The van der Waals surface area contributed by atoms with Gasteiger partial charge in [-0.2, -0.15) is 5.26 Å². The topological polar surface area (TPSA) is 33.0 Å². The maximum absolute atomic E-state index is 8.61. The summed E-state index contributed by atoms with van der Waals surface area (Å²) in [5, 5.41) is 8.61. The summed E-state index contributed by atoms with van der Waals surface area (Å²) in [5.74, 6) is 0. The van der Waals surface area contributed by atoms with Gasteiger partial charge in [0.1, 0.15) is 0 Å². The van der Waals surface area contributed by atoms with Crippen molar-refractivity contribution in [3.63, 3.8) is 0 Å². The van der Waals surface area contributed by atoms with Crippen molar-refractivity contribution >= 4 is 0 Å². The molecular weight excluding hydrogens is 174 g/mol. The van der Waals surface area contributed by atoms with Gasteiger partial charge in [-0.25, -0.2) is 0 Å². The van der Waals surface area contributed by atoms with Gasteiger partial charge in [0, 0.05) is 7.11 Å². The Labute approximate surface area is 85.1 Å². The number of nitrogens with zero attached hydrogens (tertiary/aromatic N) is 1. The average molecular weight is 189 g/mol. The number of hydrogen-bond donors (Lipinski definition) is 0. The van der Waals surface area contributed by atoms with E-state index in [9.17, 15) is 0 Å². The quantitative estimate of drug-likeness (QED) is 0.729. The van der Waals surface area contributed by atoms with E-state index in [-0.39, 0.29) is 0 Å². The van der Waals surface area contributed by atoms with Crippen molar-refractivity contribution in [2.45, 2.75) is 25.9 Å². The maximum atomic E-state index is 8.61. The molecule has 14 heavy (non-hydrogen) atoms. The molecule has 1 aromatic carbocycles. The number of hydrogen-bond acceptors (Lipinski definition) is 2. The molecule has 0 bridgehead atoms. The third-order valence-electron chi connectivity index (χ3n) is 2.32. The summed E-state index contributed by atoms with van der Waals surface area (Å²) in [6.07, 6.45) is 2.31. The van der Waals surface area contributed by atoms with E-state index in [1.165, 1.54) is 5.56 Å². The van der Waals surface area contributed by atoms with E-state index in [0.29, 0.717) is 11.7 Å². The van der Waals surface area contributed by atoms with Gasteiger partial charge in [-0.15, -0.1) is 0 Å². The van der Waals surface area contributed by atoms with Gasteiger partial charge in [0.15, 0.2) is 0 Å². The van der Waals surface area contributed by atoms with Crippen LogP contribution in [-0.2, 0) is 11.2 Å². The Hall–Kier alpha value is -1.33. The highest BCUT2D eigenvalue weighted by Gasteiger charge is 2.00. The van der Waals surface area contributed by atoms with Crippen molar-refractivity contribution in [2.24, 2.45) is 0 Å². The highest BCUT2D eigenvalue weighted by molar-refractivity contribution is 5.31. The minimum absolute atomic E-state index is 0.297. The molecule has 2 heteroatoms. The monoisotopic (exact) mass is 189 g/mol. The van der Waals surface area contributed by atoms with E-state index >= 15 is 0 Å². The molecule has 1 aromatic rings. The number of methoxy groups -OCH3 is 1. The summed E-state index contributed by atoms with van der Waals surface area (Å²) in [4.78, 5) is 0. The van der Waals surface area contributed by atoms with Crippen LogP contribution in [0.4, 0.5) is 0 Å². The van der Waals surface area contributed by atoms with Crippen molar-refractivity contribution < 1.29 is 4.74 Å². The molecule has 0 aliphatic rings. The third-order valence-corrected chi connectivity index (χ3v) is 2.32. The standard InChI is InChI=1S/C12H15NO/c1-10(14-2)3-4-11-5-7-12(9-13)8-6-11/h5-8,10H,3-4H2,1-2H3. The molecule has 74 valence electrons. The van der Waals surface area contributed by atoms with Gasteiger partial charge in [0.2, 0.25) is 0 Å². The van der Waals surface area contributed by atoms with E-state index < -0.39 is 0 Å². The Morgan fingerprint density at radius 1 is 1.36 bits per heavy atom. The third kappa shape index (κ3) is 3.20. The minimum Gasteiger partial charge on any atom is -0.382 e. The van der Waals surface area contributed by atoms with Crippen LogP contribution >= 0.6 is 0 Å². The molecule has 0 saturated heterocycles. The molecule has 2 nitrogen and oxygen atoms in total. The van der Waals surface area contributed by atoms with E-state index in [4.69, 9.17) is 10.00 Å². The molecular formula is C12H15NO. The highest BCUT2D eigenvalue weighted by atomic mass is 16.5. The van der Waals surface area contributed by atoms with Gasteiger partial charge in [-0.1, -0.05) is 12.1 Å². The normalized spacial score (nSPS) is 12.1. The molecule has 0 radical (unpaired) electrons. The van der Waals surface area contributed by atoms with Crippen LogP contribution in [0.3, 0.4) is 0 Å². The van der Waals surface area contributed by atoms with Crippen LogP contribution in [0.1, 0.15) is 24.5 Å². The fourth-order valence-corrected chi connectivity index (χ4v) is 1.23. The molecule has 0 spiro atoms. The van der Waals surface area contributed by atoms with Gasteiger partial charge in [-0.3, -0.25) is 0 Å². The number of benzene rings is 1. The first kappa shape index (κ1) is 10.7. The Bertz CT molecular complexity index is 310. The number of ether oxygens (including phenoxy) is 1. The molecule has 1 atom stereocenters. The fraction of sp³-hybridized carbons (Fsp3) is 0.417. The second-order valence-corrected chi connectivity index (χ2v) is 3.39. The summed E-state index contributed by atoms with van der Waals surface area (Å²) < 4.78 is 5.16. The smallest absolute Gasteiger partial charge is 0.0991 e. The first-order valence-electron chi connectivity index (χ1n) is 4.78. The average Bonchev–Trinajstić information content (AvgIpc) is 2.26. The molecule has 1 unspecified atom stereocenters. The Morgan fingerprint density at radius 3 is 2.50 bits per heavy atom. The molecule has 1 rings (SSSR count). The fourth-order valence-electron chi connectivity index (χ4n) is 1.23. The molecule has 0 N–H and O–H groups in total. The van der Waals surface area contributed by atoms with Gasteiger partial charge in [-0.05, 0) is 37.5 Å². The first-order chi connectivity index (χ1) is 6.76. The zero-order valence-electron chi connectivity index (χ0n) is 8.66. The van der Waals surface area contributed by atoms with Crippen LogP contribution in [-0.4, -0.2) is 13.2 Å². The van der Waals surface area contributed by atoms with Gasteiger partial charge >= 0.3 is 0 Å². The SMILES string of the molecule is COC(C)CCc1ccc(C#N)cc1. The number of nitriles is 1. The second-order valence-electron chi connectivity index (χ2n) is 3.39. The lowest BCUT2D eigenvalue weighted by atomic mass is 10.1. The molecule has 0 aliphatic carbocycles. The lowest BCUT2D eigenvalue weighted by molar-refractivity contribution is 0.111. The second kappa shape index (κ2) is 5.41. The van der Waals surface area contributed by atoms with Crippen molar-refractivity contribution in [1.29, 1.82) is 5.26 Å². The predicted octanol–water partition coefficient (Wildman–Crippen LogP) is 2.53. The largest absolute Gasteiger partial charge is 0.382 e. The molecule has 0 aliphatic heterocycles.